The Bertz CT molecular complexity index is 1110. The predicted molar refractivity (Wildman–Crippen MR) is 117 cm³/mol. The second kappa shape index (κ2) is 8.29. The van der Waals surface area contributed by atoms with Gasteiger partial charge < -0.3 is 18.8 Å². The third-order valence-corrected chi connectivity index (χ3v) is 5.80. The van der Waals surface area contributed by atoms with Gasteiger partial charge in [-0.25, -0.2) is 4.68 Å². The Morgan fingerprint density at radius 1 is 0.967 bits per heavy atom. The minimum Gasteiger partial charge on any atom is -0.486 e. The van der Waals surface area contributed by atoms with E-state index in [9.17, 15) is 0 Å². The molecule has 0 saturated carbocycles. The second-order valence-electron chi connectivity index (χ2n) is 7.26. The van der Waals surface area contributed by atoms with Crippen LogP contribution in [0.4, 0.5) is 5.69 Å². The molecule has 2 aliphatic rings. The summed E-state index contributed by atoms with van der Waals surface area (Å²) in [6.45, 7) is 5.33. The number of fused-ring (bicyclic) bond motifs is 1. The highest BCUT2D eigenvalue weighted by Crippen LogP contribution is 2.34. The fourth-order valence-electron chi connectivity index (χ4n) is 3.70. The van der Waals surface area contributed by atoms with Crippen LogP contribution in [0.3, 0.4) is 0 Å². The van der Waals surface area contributed by atoms with Gasteiger partial charge in [-0.1, -0.05) is 17.7 Å². The van der Waals surface area contributed by atoms with E-state index in [-0.39, 0.29) is 0 Å². The number of halogens is 1. The van der Waals surface area contributed by atoms with E-state index in [1.807, 2.05) is 36.4 Å². The minimum absolute atomic E-state index is 0.358. The number of anilines is 1. The molecule has 0 bridgehead atoms. The van der Waals surface area contributed by atoms with Crippen molar-refractivity contribution >= 4 is 29.5 Å². The van der Waals surface area contributed by atoms with Crippen LogP contribution in [0, 0.1) is 4.84 Å². The van der Waals surface area contributed by atoms with Gasteiger partial charge in [0.05, 0.1) is 6.67 Å². The van der Waals surface area contributed by atoms with Gasteiger partial charge in [-0.3, -0.25) is 4.90 Å². The number of rotatable bonds is 4. The molecule has 0 spiro atoms. The maximum absolute atomic E-state index is 6.12. The number of benzene rings is 2. The van der Waals surface area contributed by atoms with Crippen molar-refractivity contribution in [2.45, 2.75) is 6.67 Å². The SMILES string of the molecule is S=c1oc(-c2ccc3c(c2)OCCO3)nn1CN1CCN(c2cccc(Cl)c2)CC1. The first-order valence-corrected chi connectivity index (χ1v) is 10.7. The molecular formula is C21H21ClN4O3S. The third-order valence-electron chi connectivity index (χ3n) is 5.27. The molecule has 0 radical (unpaired) electrons. The van der Waals surface area contributed by atoms with E-state index in [4.69, 9.17) is 37.7 Å². The van der Waals surface area contributed by atoms with Crippen molar-refractivity contribution < 1.29 is 13.9 Å². The van der Waals surface area contributed by atoms with Crippen molar-refractivity contribution in [3.63, 3.8) is 0 Å². The molecule has 1 saturated heterocycles. The molecule has 9 heteroatoms. The first-order valence-electron chi connectivity index (χ1n) is 9.86. The lowest BCUT2D eigenvalue weighted by Crippen LogP contribution is -2.46. The smallest absolute Gasteiger partial charge is 0.288 e. The zero-order valence-electron chi connectivity index (χ0n) is 16.3. The molecule has 3 heterocycles. The zero-order valence-corrected chi connectivity index (χ0v) is 17.9. The van der Waals surface area contributed by atoms with Crippen molar-refractivity contribution in [1.82, 2.24) is 14.7 Å². The Kier molecular flexibility index (Phi) is 5.37. The summed E-state index contributed by atoms with van der Waals surface area (Å²) in [6.07, 6.45) is 0. The lowest BCUT2D eigenvalue weighted by molar-refractivity contribution is 0.171. The number of nitrogens with zero attached hydrogens (tertiary/aromatic N) is 4. The number of hydrogen-bond acceptors (Lipinski definition) is 7. The quantitative estimate of drug-likeness (QED) is 0.562. The Balaban J connectivity index is 1.26. The van der Waals surface area contributed by atoms with Crippen LogP contribution in [-0.2, 0) is 6.67 Å². The van der Waals surface area contributed by atoms with Crippen LogP contribution in [-0.4, -0.2) is 54.1 Å². The summed E-state index contributed by atoms with van der Waals surface area (Å²) in [5, 5.41) is 5.35. The number of ether oxygens (including phenoxy) is 2. The average molecular weight is 445 g/mol. The molecule has 0 aliphatic carbocycles. The van der Waals surface area contributed by atoms with Gasteiger partial charge in [0.2, 0.25) is 5.89 Å². The fraction of sp³-hybridized carbons (Fsp3) is 0.333. The van der Waals surface area contributed by atoms with Gasteiger partial charge >= 0.3 is 0 Å². The van der Waals surface area contributed by atoms with Crippen molar-refractivity contribution in [1.29, 1.82) is 0 Å². The molecule has 7 nitrogen and oxygen atoms in total. The average Bonchev–Trinajstić information content (AvgIpc) is 3.14. The summed E-state index contributed by atoms with van der Waals surface area (Å²) < 4.78 is 18.7. The van der Waals surface area contributed by atoms with Crippen LogP contribution in [0.5, 0.6) is 11.5 Å². The molecule has 1 fully saturated rings. The summed E-state index contributed by atoms with van der Waals surface area (Å²) >= 11 is 11.5. The molecule has 3 aromatic rings. The van der Waals surface area contributed by atoms with E-state index in [0.29, 0.717) is 36.4 Å². The minimum atomic E-state index is 0.358. The molecule has 1 aromatic heterocycles. The van der Waals surface area contributed by atoms with Gasteiger partial charge in [-0.05, 0) is 48.6 Å². The lowest BCUT2D eigenvalue weighted by atomic mass is 10.2. The molecule has 0 unspecified atom stereocenters. The van der Waals surface area contributed by atoms with Crippen molar-refractivity contribution in [3.8, 4) is 23.0 Å². The molecule has 0 atom stereocenters. The van der Waals surface area contributed by atoms with Crippen LogP contribution >= 0.6 is 23.8 Å². The van der Waals surface area contributed by atoms with Gasteiger partial charge in [-0.15, -0.1) is 5.10 Å². The maximum atomic E-state index is 6.12. The molecule has 5 rings (SSSR count). The van der Waals surface area contributed by atoms with Crippen molar-refractivity contribution in [2.75, 3.05) is 44.3 Å². The first kappa shape index (κ1) is 19.4. The second-order valence-corrected chi connectivity index (χ2v) is 8.04. The Morgan fingerprint density at radius 2 is 1.77 bits per heavy atom. The van der Waals surface area contributed by atoms with E-state index < -0.39 is 0 Å². The number of piperazine rings is 1. The van der Waals surface area contributed by atoms with E-state index in [2.05, 4.69) is 21.0 Å². The van der Waals surface area contributed by atoms with Gasteiger partial charge in [0, 0.05) is 42.5 Å². The molecular weight excluding hydrogens is 424 g/mol. The normalized spacial score (nSPS) is 16.6. The van der Waals surface area contributed by atoms with E-state index in [1.54, 1.807) is 4.68 Å². The molecule has 0 amide bonds. The van der Waals surface area contributed by atoms with E-state index >= 15 is 0 Å². The molecule has 2 aromatic carbocycles. The Labute approximate surface area is 184 Å². The van der Waals surface area contributed by atoms with Gasteiger partial charge in [0.1, 0.15) is 13.2 Å². The third kappa shape index (κ3) is 4.03. The van der Waals surface area contributed by atoms with E-state index in [1.165, 1.54) is 0 Å². The predicted octanol–water partition coefficient (Wildman–Crippen LogP) is 4.08. The van der Waals surface area contributed by atoms with E-state index in [0.717, 1.165) is 48.2 Å². The highest BCUT2D eigenvalue weighted by atomic mass is 35.5. The topological polar surface area (TPSA) is 55.9 Å². The van der Waals surface area contributed by atoms with Crippen LogP contribution in [0.1, 0.15) is 0 Å². The highest BCUT2D eigenvalue weighted by Gasteiger charge is 2.20. The van der Waals surface area contributed by atoms with Crippen LogP contribution < -0.4 is 14.4 Å². The summed E-state index contributed by atoms with van der Waals surface area (Å²) in [5.74, 6) is 1.92. The highest BCUT2D eigenvalue weighted by molar-refractivity contribution is 7.71. The van der Waals surface area contributed by atoms with Crippen molar-refractivity contribution in [3.05, 3.63) is 52.3 Å². The molecule has 2 aliphatic heterocycles. The molecule has 156 valence electrons. The van der Waals surface area contributed by atoms with Crippen LogP contribution in [0.25, 0.3) is 11.5 Å². The first-order chi connectivity index (χ1) is 14.7. The van der Waals surface area contributed by atoms with Gasteiger partial charge in [0.25, 0.3) is 4.84 Å². The number of hydrogen-bond donors (Lipinski definition) is 0. The number of aromatic nitrogens is 2. The van der Waals surface area contributed by atoms with Crippen molar-refractivity contribution in [2.24, 2.45) is 0 Å². The maximum Gasteiger partial charge on any atom is 0.288 e. The lowest BCUT2D eigenvalue weighted by Gasteiger charge is -2.35. The van der Waals surface area contributed by atoms with Gasteiger partial charge in [0.15, 0.2) is 11.5 Å². The van der Waals surface area contributed by atoms with Gasteiger partial charge in [-0.2, -0.15) is 0 Å². The fourth-order valence-corrected chi connectivity index (χ4v) is 4.06. The largest absolute Gasteiger partial charge is 0.486 e. The zero-order chi connectivity index (χ0) is 20.5. The van der Waals surface area contributed by atoms with Crippen LogP contribution in [0.15, 0.2) is 46.9 Å². The summed E-state index contributed by atoms with van der Waals surface area (Å²) in [6, 6.07) is 13.6. The van der Waals surface area contributed by atoms with Crippen LogP contribution in [0.2, 0.25) is 5.02 Å². The molecule has 0 N–H and O–H groups in total. The standard InChI is InChI=1S/C21H21ClN4O3S/c22-16-2-1-3-17(13-16)25-8-6-24(7-9-25)14-26-21(30)29-20(23-26)15-4-5-18-19(12-15)28-11-10-27-18/h1-5,12-13H,6-11,14H2. The monoisotopic (exact) mass is 444 g/mol. The Hall–Kier alpha value is -2.55. The summed E-state index contributed by atoms with van der Waals surface area (Å²) in [5.41, 5.74) is 1.97. The summed E-state index contributed by atoms with van der Waals surface area (Å²) in [7, 11) is 0. The Morgan fingerprint density at radius 3 is 2.57 bits per heavy atom. The summed E-state index contributed by atoms with van der Waals surface area (Å²) in [4.78, 5) is 5.01. The molecule has 30 heavy (non-hydrogen) atoms.